The van der Waals surface area contributed by atoms with Gasteiger partial charge < -0.3 is 4.74 Å². The molecular weight excluding hydrogens is 260 g/mol. The molecule has 0 saturated heterocycles. The molecule has 0 aromatic heterocycles. The molecule has 0 N–H and O–H groups in total. The van der Waals surface area contributed by atoms with Crippen LogP contribution in [0.1, 0.15) is 45.6 Å². The maximum Gasteiger partial charge on any atom is 0.312 e. The molecule has 2 atom stereocenters. The van der Waals surface area contributed by atoms with Gasteiger partial charge in [-0.3, -0.25) is 4.79 Å². The molecule has 1 fully saturated rings. The Bertz CT molecular complexity index is 490. The van der Waals surface area contributed by atoms with Gasteiger partial charge in [-0.25, -0.2) is 0 Å². The lowest BCUT2D eigenvalue weighted by Crippen LogP contribution is -2.27. The molecule has 1 aromatic carbocycles. The molecule has 1 aromatic rings. The molecule has 0 aliphatic heterocycles. The van der Waals surface area contributed by atoms with E-state index in [1.807, 2.05) is 42.5 Å². The fraction of sp³-hybridized carbons (Fsp3) is 0.526. The third kappa shape index (κ3) is 4.20. The second-order valence-electron chi connectivity index (χ2n) is 6.72. The van der Waals surface area contributed by atoms with E-state index in [9.17, 15) is 4.79 Å². The lowest BCUT2D eigenvalue weighted by molar-refractivity contribution is -0.153. The van der Waals surface area contributed by atoms with Crippen LogP contribution >= 0.6 is 0 Å². The van der Waals surface area contributed by atoms with Gasteiger partial charge in [0.15, 0.2) is 0 Å². The van der Waals surface area contributed by atoms with E-state index in [0.29, 0.717) is 18.4 Å². The van der Waals surface area contributed by atoms with Gasteiger partial charge >= 0.3 is 5.97 Å². The Morgan fingerprint density at radius 1 is 1.38 bits per heavy atom. The second-order valence-corrected chi connectivity index (χ2v) is 6.72. The van der Waals surface area contributed by atoms with Crippen molar-refractivity contribution >= 4 is 12.0 Å². The van der Waals surface area contributed by atoms with Gasteiger partial charge in [0.05, 0.1) is 5.41 Å². The van der Waals surface area contributed by atoms with Gasteiger partial charge in [0.1, 0.15) is 6.61 Å². The number of esters is 1. The minimum absolute atomic E-state index is 0.0386. The summed E-state index contributed by atoms with van der Waals surface area (Å²) in [5.41, 5.74) is 0.843. The van der Waals surface area contributed by atoms with Crippen molar-refractivity contribution in [3.05, 3.63) is 42.0 Å². The molecule has 0 unspecified atom stereocenters. The minimum atomic E-state index is -0.282. The van der Waals surface area contributed by atoms with Crippen LogP contribution in [0.5, 0.6) is 0 Å². The average Bonchev–Trinajstić information content (AvgIpc) is 2.89. The van der Waals surface area contributed by atoms with Crippen LogP contribution in [0.15, 0.2) is 36.4 Å². The van der Waals surface area contributed by atoms with E-state index in [-0.39, 0.29) is 11.4 Å². The molecule has 21 heavy (non-hydrogen) atoms. The number of ether oxygens (including phenoxy) is 1. The maximum absolute atomic E-state index is 12.3. The van der Waals surface area contributed by atoms with Crippen molar-refractivity contribution in [1.82, 2.24) is 0 Å². The Morgan fingerprint density at radius 2 is 2.10 bits per heavy atom. The van der Waals surface area contributed by atoms with Gasteiger partial charge in [0, 0.05) is 0 Å². The summed E-state index contributed by atoms with van der Waals surface area (Å²) in [7, 11) is 0. The van der Waals surface area contributed by atoms with Crippen LogP contribution in [-0.4, -0.2) is 12.6 Å². The molecule has 114 valence electrons. The van der Waals surface area contributed by atoms with E-state index in [2.05, 4.69) is 20.8 Å². The third-order valence-electron chi connectivity index (χ3n) is 4.64. The quantitative estimate of drug-likeness (QED) is 0.733. The van der Waals surface area contributed by atoms with Gasteiger partial charge in [-0.1, -0.05) is 50.3 Å². The Hall–Kier alpha value is -1.57. The molecule has 0 amide bonds. The van der Waals surface area contributed by atoms with E-state index >= 15 is 0 Å². The molecule has 0 bridgehead atoms. The highest BCUT2D eigenvalue weighted by Crippen LogP contribution is 2.45. The first kappa shape index (κ1) is 15.8. The summed E-state index contributed by atoms with van der Waals surface area (Å²) in [6, 6.07) is 10.0. The van der Waals surface area contributed by atoms with Crippen molar-refractivity contribution in [1.29, 1.82) is 0 Å². The second kappa shape index (κ2) is 6.93. The van der Waals surface area contributed by atoms with Crippen molar-refractivity contribution in [3.8, 4) is 0 Å². The lowest BCUT2D eigenvalue weighted by atomic mass is 9.85. The molecule has 0 radical (unpaired) electrons. The summed E-state index contributed by atoms with van der Waals surface area (Å²) in [4.78, 5) is 12.3. The topological polar surface area (TPSA) is 26.3 Å². The predicted octanol–water partition coefficient (Wildman–Crippen LogP) is 4.71. The first-order chi connectivity index (χ1) is 10.0. The van der Waals surface area contributed by atoms with Crippen molar-refractivity contribution in [2.45, 2.75) is 40.0 Å². The van der Waals surface area contributed by atoms with Crippen LogP contribution in [0.3, 0.4) is 0 Å². The third-order valence-corrected chi connectivity index (χ3v) is 4.64. The van der Waals surface area contributed by atoms with Crippen LogP contribution in [0.25, 0.3) is 6.08 Å². The first-order valence-electron chi connectivity index (χ1n) is 7.90. The summed E-state index contributed by atoms with van der Waals surface area (Å²) in [5.74, 6) is 1.27. The normalized spacial score (nSPS) is 25.6. The Morgan fingerprint density at radius 3 is 2.71 bits per heavy atom. The number of carbonyl (C=O) groups excluding carboxylic acids is 1. The van der Waals surface area contributed by atoms with Gasteiger partial charge in [0.2, 0.25) is 0 Å². The van der Waals surface area contributed by atoms with E-state index < -0.39 is 0 Å². The number of benzene rings is 1. The Balaban J connectivity index is 1.81. The summed E-state index contributed by atoms with van der Waals surface area (Å²) in [5, 5.41) is 0. The zero-order valence-electron chi connectivity index (χ0n) is 13.3. The van der Waals surface area contributed by atoms with Crippen molar-refractivity contribution in [2.75, 3.05) is 6.61 Å². The van der Waals surface area contributed by atoms with Crippen LogP contribution in [0.4, 0.5) is 0 Å². The zero-order chi connectivity index (χ0) is 15.3. The highest BCUT2D eigenvalue weighted by atomic mass is 16.5. The zero-order valence-corrected chi connectivity index (χ0v) is 13.3. The van der Waals surface area contributed by atoms with Gasteiger partial charge in [-0.2, -0.15) is 0 Å². The highest BCUT2D eigenvalue weighted by Gasteiger charge is 2.43. The van der Waals surface area contributed by atoms with Crippen molar-refractivity contribution < 1.29 is 9.53 Å². The molecule has 2 nitrogen and oxygen atoms in total. The van der Waals surface area contributed by atoms with E-state index in [4.69, 9.17) is 4.74 Å². The smallest absolute Gasteiger partial charge is 0.312 e. The monoisotopic (exact) mass is 286 g/mol. The van der Waals surface area contributed by atoms with E-state index in [1.54, 1.807) is 0 Å². The molecular formula is C19H26O2. The molecule has 2 rings (SSSR count). The lowest BCUT2D eigenvalue weighted by Gasteiger charge is -2.22. The van der Waals surface area contributed by atoms with Crippen LogP contribution < -0.4 is 0 Å². The van der Waals surface area contributed by atoms with Gasteiger partial charge in [0.25, 0.3) is 0 Å². The van der Waals surface area contributed by atoms with Crippen molar-refractivity contribution in [2.24, 2.45) is 17.3 Å². The SMILES string of the molecule is CC(C)[C@@H]1CC[C@@](C)(C(=O)OC/C=C/c2ccccc2)C1. The van der Waals surface area contributed by atoms with Crippen LogP contribution in [0.2, 0.25) is 0 Å². The van der Waals surface area contributed by atoms with Gasteiger partial charge in [-0.05, 0) is 49.7 Å². The standard InChI is InChI=1S/C19H26O2/c1-15(2)17-11-12-19(3,14-17)18(20)21-13-7-10-16-8-5-4-6-9-16/h4-10,15,17H,11-14H2,1-3H3/b10-7+/t17-,19-/m1/s1. The Kier molecular flexibility index (Phi) is 5.22. The number of carbonyl (C=O) groups is 1. The summed E-state index contributed by atoms with van der Waals surface area (Å²) in [6.45, 7) is 6.89. The van der Waals surface area contributed by atoms with Crippen LogP contribution in [-0.2, 0) is 9.53 Å². The molecule has 1 aliphatic rings. The number of hydrogen-bond acceptors (Lipinski definition) is 2. The minimum Gasteiger partial charge on any atom is -0.461 e. The van der Waals surface area contributed by atoms with Gasteiger partial charge in [-0.15, -0.1) is 0 Å². The van der Waals surface area contributed by atoms with E-state index in [1.165, 1.54) is 0 Å². The largest absolute Gasteiger partial charge is 0.461 e. The first-order valence-corrected chi connectivity index (χ1v) is 7.90. The molecule has 2 heteroatoms. The fourth-order valence-electron chi connectivity index (χ4n) is 3.09. The van der Waals surface area contributed by atoms with E-state index in [0.717, 1.165) is 24.8 Å². The van der Waals surface area contributed by atoms with Crippen molar-refractivity contribution in [3.63, 3.8) is 0 Å². The number of rotatable bonds is 5. The average molecular weight is 286 g/mol. The van der Waals surface area contributed by atoms with Crippen LogP contribution in [0, 0.1) is 17.3 Å². The summed E-state index contributed by atoms with van der Waals surface area (Å²) >= 11 is 0. The fourth-order valence-corrected chi connectivity index (χ4v) is 3.09. The number of hydrogen-bond donors (Lipinski definition) is 0. The highest BCUT2D eigenvalue weighted by molar-refractivity contribution is 5.77. The summed E-state index contributed by atoms with van der Waals surface area (Å²) < 4.78 is 5.45. The predicted molar refractivity (Wildman–Crippen MR) is 86.7 cm³/mol. The maximum atomic E-state index is 12.3. The molecule has 0 spiro atoms. The molecule has 0 heterocycles. The Labute approximate surface area is 128 Å². The summed E-state index contributed by atoms with van der Waals surface area (Å²) in [6.07, 6.45) is 6.96. The molecule has 1 saturated carbocycles. The molecule has 1 aliphatic carbocycles.